The molecule has 1 heterocycles. The van der Waals surface area contributed by atoms with Gasteiger partial charge in [0.15, 0.2) is 0 Å². The van der Waals surface area contributed by atoms with Gasteiger partial charge in [-0.2, -0.15) is 0 Å². The fraction of sp³-hybridized carbons (Fsp3) is 0.588. The fourth-order valence-electron chi connectivity index (χ4n) is 2.71. The van der Waals surface area contributed by atoms with Gasteiger partial charge in [-0.05, 0) is 29.5 Å². The normalized spacial score (nSPS) is 15.3. The summed E-state index contributed by atoms with van der Waals surface area (Å²) in [6.07, 6.45) is 1.39. The zero-order valence-corrected chi connectivity index (χ0v) is 13.3. The molecule has 0 aliphatic carbocycles. The molecule has 0 spiro atoms. The van der Waals surface area contributed by atoms with Crippen LogP contribution < -0.4 is 10.1 Å². The van der Waals surface area contributed by atoms with Crippen molar-refractivity contribution in [2.24, 2.45) is 0 Å². The number of hydrogen-bond acceptors (Lipinski definition) is 3. The number of methoxy groups -OCH3 is 1. The molecular formula is C17H26N2O2. The van der Waals surface area contributed by atoms with Crippen LogP contribution in [0.2, 0.25) is 0 Å². The molecule has 0 radical (unpaired) electrons. The van der Waals surface area contributed by atoms with Gasteiger partial charge in [0.25, 0.3) is 0 Å². The first-order valence-electron chi connectivity index (χ1n) is 7.77. The minimum atomic E-state index is 0.262. The van der Waals surface area contributed by atoms with E-state index in [0.29, 0.717) is 12.3 Å². The van der Waals surface area contributed by atoms with E-state index in [1.807, 2.05) is 11.0 Å². The Morgan fingerprint density at radius 3 is 2.67 bits per heavy atom. The van der Waals surface area contributed by atoms with Gasteiger partial charge in [-0.3, -0.25) is 4.79 Å². The van der Waals surface area contributed by atoms with Crippen LogP contribution >= 0.6 is 0 Å². The zero-order chi connectivity index (χ0) is 15.2. The molecule has 1 aliphatic heterocycles. The van der Waals surface area contributed by atoms with Crippen molar-refractivity contribution >= 4 is 5.91 Å². The lowest BCUT2D eigenvalue weighted by molar-refractivity contribution is -0.131. The van der Waals surface area contributed by atoms with Crippen LogP contribution in [0.3, 0.4) is 0 Å². The van der Waals surface area contributed by atoms with Crippen molar-refractivity contribution in [1.82, 2.24) is 10.2 Å². The number of aryl methyl sites for hydroxylation is 1. The molecule has 0 unspecified atom stereocenters. The molecule has 21 heavy (non-hydrogen) atoms. The third kappa shape index (κ3) is 4.21. The van der Waals surface area contributed by atoms with Crippen molar-refractivity contribution in [3.8, 4) is 5.75 Å². The molecule has 1 aromatic carbocycles. The molecule has 1 aliphatic rings. The van der Waals surface area contributed by atoms with Crippen LogP contribution in [0, 0.1) is 0 Å². The van der Waals surface area contributed by atoms with Gasteiger partial charge in [0, 0.05) is 32.6 Å². The van der Waals surface area contributed by atoms with Gasteiger partial charge >= 0.3 is 0 Å². The van der Waals surface area contributed by atoms with Crippen molar-refractivity contribution in [1.29, 1.82) is 0 Å². The van der Waals surface area contributed by atoms with E-state index in [0.717, 1.165) is 38.3 Å². The standard InChI is InChI=1S/C17H26N2O2/c1-13(2)15-12-14(4-6-16(15)21-3)5-7-17(20)19-10-8-18-9-11-19/h4,6,12-13,18H,5,7-11H2,1-3H3. The second kappa shape index (κ2) is 7.46. The molecule has 4 nitrogen and oxygen atoms in total. The summed E-state index contributed by atoms with van der Waals surface area (Å²) in [5.41, 5.74) is 2.42. The van der Waals surface area contributed by atoms with Gasteiger partial charge in [-0.15, -0.1) is 0 Å². The van der Waals surface area contributed by atoms with Crippen LogP contribution in [0.4, 0.5) is 0 Å². The highest BCUT2D eigenvalue weighted by molar-refractivity contribution is 5.76. The maximum Gasteiger partial charge on any atom is 0.222 e. The van der Waals surface area contributed by atoms with Gasteiger partial charge < -0.3 is 15.0 Å². The van der Waals surface area contributed by atoms with E-state index in [2.05, 4.69) is 31.3 Å². The lowest BCUT2D eigenvalue weighted by atomic mass is 9.97. The predicted molar refractivity (Wildman–Crippen MR) is 84.9 cm³/mol. The molecule has 1 fully saturated rings. The fourth-order valence-corrected chi connectivity index (χ4v) is 2.71. The van der Waals surface area contributed by atoms with Gasteiger partial charge in [0.05, 0.1) is 7.11 Å². The number of piperazine rings is 1. The molecule has 116 valence electrons. The number of rotatable bonds is 5. The molecule has 0 aromatic heterocycles. The molecule has 1 amide bonds. The smallest absolute Gasteiger partial charge is 0.222 e. The summed E-state index contributed by atoms with van der Waals surface area (Å²) in [5.74, 6) is 1.62. The van der Waals surface area contributed by atoms with Crippen molar-refractivity contribution in [3.63, 3.8) is 0 Å². The number of carbonyl (C=O) groups excluding carboxylic acids is 1. The van der Waals surface area contributed by atoms with Gasteiger partial charge in [-0.1, -0.05) is 26.0 Å². The summed E-state index contributed by atoms with van der Waals surface area (Å²) < 4.78 is 5.40. The number of amides is 1. The first kappa shape index (κ1) is 15.8. The number of hydrogen-bond donors (Lipinski definition) is 1. The minimum absolute atomic E-state index is 0.262. The number of ether oxygens (including phenoxy) is 1. The maximum absolute atomic E-state index is 12.2. The van der Waals surface area contributed by atoms with Crippen LogP contribution in [0.1, 0.15) is 37.3 Å². The Balaban J connectivity index is 1.96. The van der Waals surface area contributed by atoms with E-state index >= 15 is 0 Å². The molecule has 1 aromatic rings. The highest BCUT2D eigenvalue weighted by atomic mass is 16.5. The lowest BCUT2D eigenvalue weighted by Gasteiger charge is -2.27. The maximum atomic E-state index is 12.2. The molecule has 1 saturated heterocycles. The quantitative estimate of drug-likeness (QED) is 0.904. The summed E-state index contributed by atoms with van der Waals surface area (Å²) in [7, 11) is 1.70. The van der Waals surface area contributed by atoms with Crippen molar-refractivity contribution in [2.45, 2.75) is 32.6 Å². The van der Waals surface area contributed by atoms with E-state index in [1.165, 1.54) is 11.1 Å². The lowest BCUT2D eigenvalue weighted by Crippen LogP contribution is -2.46. The Morgan fingerprint density at radius 2 is 2.05 bits per heavy atom. The Hall–Kier alpha value is -1.55. The summed E-state index contributed by atoms with van der Waals surface area (Å²) in [4.78, 5) is 14.1. The second-order valence-electron chi connectivity index (χ2n) is 5.86. The largest absolute Gasteiger partial charge is 0.496 e. The van der Waals surface area contributed by atoms with Gasteiger partial charge in [0.2, 0.25) is 5.91 Å². The van der Waals surface area contributed by atoms with E-state index in [9.17, 15) is 4.79 Å². The van der Waals surface area contributed by atoms with Crippen LogP contribution in [0.25, 0.3) is 0 Å². The van der Waals surface area contributed by atoms with Crippen LogP contribution in [-0.2, 0) is 11.2 Å². The first-order valence-corrected chi connectivity index (χ1v) is 7.77. The summed E-state index contributed by atoms with van der Waals surface area (Å²) in [6.45, 7) is 7.80. The third-order valence-corrected chi connectivity index (χ3v) is 4.01. The number of nitrogens with one attached hydrogen (secondary N) is 1. The summed E-state index contributed by atoms with van der Waals surface area (Å²) in [5, 5.41) is 3.27. The zero-order valence-electron chi connectivity index (χ0n) is 13.3. The van der Waals surface area contributed by atoms with Crippen molar-refractivity contribution < 1.29 is 9.53 Å². The monoisotopic (exact) mass is 290 g/mol. The Kier molecular flexibility index (Phi) is 5.62. The molecule has 0 saturated carbocycles. The molecular weight excluding hydrogens is 264 g/mol. The average Bonchev–Trinajstić information content (AvgIpc) is 2.53. The van der Waals surface area contributed by atoms with Crippen LogP contribution in [0.15, 0.2) is 18.2 Å². The van der Waals surface area contributed by atoms with E-state index in [-0.39, 0.29) is 5.91 Å². The predicted octanol–water partition coefficient (Wildman–Crippen LogP) is 2.18. The highest BCUT2D eigenvalue weighted by Crippen LogP contribution is 2.27. The first-order chi connectivity index (χ1) is 10.1. The molecule has 0 atom stereocenters. The van der Waals surface area contributed by atoms with Crippen LogP contribution in [-0.4, -0.2) is 44.1 Å². The number of nitrogens with zero attached hydrogens (tertiary/aromatic N) is 1. The third-order valence-electron chi connectivity index (χ3n) is 4.01. The summed E-state index contributed by atoms with van der Waals surface area (Å²) >= 11 is 0. The molecule has 0 bridgehead atoms. The van der Waals surface area contributed by atoms with Gasteiger partial charge in [-0.25, -0.2) is 0 Å². The number of carbonyl (C=O) groups is 1. The average molecular weight is 290 g/mol. The summed E-state index contributed by atoms with van der Waals surface area (Å²) in [6, 6.07) is 6.25. The van der Waals surface area contributed by atoms with Crippen LogP contribution in [0.5, 0.6) is 5.75 Å². The second-order valence-corrected chi connectivity index (χ2v) is 5.86. The topological polar surface area (TPSA) is 41.6 Å². The van der Waals surface area contributed by atoms with E-state index in [1.54, 1.807) is 7.11 Å². The molecule has 2 rings (SSSR count). The Bertz CT molecular complexity index is 480. The Morgan fingerprint density at radius 1 is 1.33 bits per heavy atom. The SMILES string of the molecule is COc1ccc(CCC(=O)N2CCNCC2)cc1C(C)C. The number of benzene rings is 1. The van der Waals surface area contributed by atoms with E-state index in [4.69, 9.17) is 4.74 Å². The Labute approximate surface area is 127 Å². The minimum Gasteiger partial charge on any atom is -0.496 e. The molecule has 4 heteroatoms. The highest BCUT2D eigenvalue weighted by Gasteiger charge is 2.16. The van der Waals surface area contributed by atoms with E-state index < -0.39 is 0 Å². The van der Waals surface area contributed by atoms with Gasteiger partial charge in [0.1, 0.15) is 5.75 Å². The van der Waals surface area contributed by atoms with Crippen molar-refractivity contribution in [2.75, 3.05) is 33.3 Å². The molecule has 1 N–H and O–H groups in total. The van der Waals surface area contributed by atoms with Crippen molar-refractivity contribution in [3.05, 3.63) is 29.3 Å².